The van der Waals surface area contributed by atoms with Crippen molar-refractivity contribution < 1.29 is 0 Å². The zero-order chi connectivity index (χ0) is 12.3. The first-order valence-corrected chi connectivity index (χ1v) is 7.62. The van der Waals surface area contributed by atoms with Crippen LogP contribution < -0.4 is 0 Å². The maximum atomic E-state index is 3.46. The average molecular weight is 232 g/mol. The van der Waals surface area contributed by atoms with E-state index in [-0.39, 0.29) is 0 Å². The predicted octanol–water partition coefficient (Wildman–Crippen LogP) is 5.03. The van der Waals surface area contributed by atoms with Crippen molar-refractivity contribution in [2.45, 2.75) is 72.1 Å². The highest BCUT2D eigenvalue weighted by Gasteiger charge is 2.53. The number of hydrogen-bond acceptors (Lipinski definition) is 0. The monoisotopic (exact) mass is 232 g/mol. The first-order chi connectivity index (χ1) is 8.16. The molecule has 0 heteroatoms. The summed E-state index contributed by atoms with van der Waals surface area (Å²) in [6.45, 7) is 7.21. The largest absolute Gasteiger partial charge is 0.103 e. The van der Waals surface area contributed by atoms with Crippen molar-refractivity contribution in [2.75, 3.05) is 0 Å². The van der Waals surface area contributed by atoms with Crippen LogP contribution in [0.5, 0.6) is 0 Å². The third-order valence-electron chi connectivity index (χ3n) is 5.40. The van der Waals surface area contributed by atoms with Crippen LogP contribution >= 0.6 is 0 Å². The molecule has 0 spiro atoms. The molecule has 0 unspecified atom stereocenters. The van der Waals surface area contributed by atoms with E-state index < -0.39 is 0 Å². The molecule has 17 heavy (non-hydrogen) atoms. The molecular weight excluding hydrogens is 204 g/mol. The summed E-state index contributed by atoms with van der Waals surface area (Å²) in [4.78, 5) is 0. The van der Waals surface area contributed by atoms with Crippen molar-refractivity contribution in [2.24, 2.45) is 23.2 Å². The summed E-state index contributed by atoms with van der Waals surface area (Å²) in [5, 5.41) is 0. The van der Waals surface area contributed by atoms with Gasteiger partial charge in [0, 0.05) is 12.8 Å². The third kappa shape index (κ3) is 2.70. The number of unbranched alkanes of at least 4 members (excludes halogenated alkanes) is 3. The minimum Gasteiger partial charge on any atom is -0.103 e. The van der Waals surface area contributed by atoms with Gasteiger partial charge in [-0.05, 0) is 48.9 Å². The molecule has 3 fully saturated rings. The maximum absolute atomic E-state index is 3.46. The Morgan fingerprint density at radius 1 is 1.12 bits per heavy atom. The van der Waals surface area contributed by atoms with Crippen LogP contribution in [0.15, 0.2) is 0 Å². The van der Waals surface area contributed by atoms with Gasteiger partial charge in [0.1, 0.15) is 0 Å². The fraction of sp³-hybridized carbons (Fsp3) is 0.882. The van der Waals surface area contributed by atoms with E-state index in [4.69, 9.17) is 0 Å². The first-order valence-electron chi connectivity index (χ1n) is 7.62. The van der Waals surface area contributed by atoms with Gasteiger partial charge in [-0.25, -0.2) is 0 Å². The molecule has 0 aromatic rings. The molecule has 96 valence electrons. The molecule has 3 saturated carbocycles. The molecule has 0 aromatic heterocycles. The molecule has 0 saturated heterocycles. The summed E-state index contributed by atoms with van der Waals surface area (Å²) in [7, 11) is 0. The van der Waals surface area contributed by atoms with Crippen molar-refractivity contribution in [1.29, 1.82) is 0 Å². The average Bonchev–Trinajstić information content (AvgIpc) is 2.33. The summed E-state index contributed by atoms with van der Waals surface area (Å²) >= 11 is 0. The Morgan fingerprint density at radius 2 is 1.94 bits per heavy atom. The van der Waals surface area contributed by atoms with E-state index in [1.807, 2.05) is 0 Å². The van der Waals surface area contributed by atoms with Gasteiger partial charge in [-0.2, -0.15) is 0 Å². The minimum atomic E-state index is 0.632. The van der Waals surface area contributed by atoms with Gasteiger partial charge in [0.15, 0.2) is 0 Å². The van der Waals surface area contributed by atoms with E-state index in [0.717, 1.165) is 24.2 Å². The molecule has 0 amide bonds. The smallest absolute Gasteiger partial charge is 0.0120 e. The third-order valence-corrected chi connectivity index (χ3v) is 5.40. The maximum Gasteiger partial charge on any atom is 0.0120 e. The quantitative estimate of drug-likeness (QED) is 0.471. The van der Waals surface area contributed by atoms with Crippen molar-refractivity contribution in [3.05, 3.63) is 0 Å². The molecule has 0 nitrogen and oxygen atoms in total. The van der Waals surface area contributed by atoms with Crippen molar-refractivity contribution >= 4 is 0 Å². The minimum absolute atomic E-state index is 0.632. The SMILES string of the molecule is CCCCCC#CC[C@@H]1CC[C@@H]2C[C@H]1C2(C)C. The van der Waals surface area contributed by atoms with Gasteiger partial charge in [-0.15, -0.1) is 11.8 Å². The predicted molar refractivity (Wildman–Crippen MR) is 74.6 cm³/mol. The van der Waals surface area contributed by atoms with E-state index in [1.54, 1.807) is 0 Å². The molecule has 3 atom stereocenters. The van der Waals surface area contributed by atoms with Gasteiger partial charge in [-0.3, -0.25) is 0 Å². The van der Waals surface area contributed by atoms with Gasteiger partial charge >= 0.3 is 0 Å². The first kappa shape index (κ1) is 13.0. The standard InChI is InChI=1S/C17H28/c1-4-5-6-7-8-9-10-14-11-12-15-13-16(14)17(15,2)3/h14-16H,4-7,10-13H2,1-3H3/t14-,15-,16-/m1/s1. The van der Waals surface area contributed by atoms with Gasteiger partial charge < -0.3 is 0 Å². The number of hydrogen-bond donors (Lipinski definition) is 0. The molecule has 0 heterocycles. The van der Waals surface area contributed by atoms with Gasteiger partial charge in [0.2, 0.25) is 0 Å². The van der Waals surface area contributed by atoms with Gasteiger partial charge in [-0.1, -0.05) is 33.6 Å². The van der Waals surface area contributed by atoms with Crippen LogP contribution in [0.4, 0.5) is 0 Å². The van der Waals surface area contributed by atoms with Crippen LogP contribution in [-0.4, -0.2) is 0 Å². The van der Waals surface area contributed by atoms with Crippen LogP contribution in [0.25, 0.3) is 0 Å². The normalized spacial score (nSPS) is 33.5. The zero-order valence-corrected chi connectivity index (χ0v) is 11.9. The lowest BCUT2D eigenvalue weighted by molar-refractivity contribution is -0.103. The van der Waals surface area contributed by atoms with Crippen molar-refractivity contribution in [1.82, 2.24) is 0 Å². The second-order valence-corrected chi connectivity index (χ2v) is 6.71. The zero-order valence-electron chi connectivity index (χ0n) is 11.9. The van der Waals surface area contributed by atoms with Crippen LogP contribution in [0.1, 0.15) is 72.1 Å². The topological polar surface area (TPSA) is 0 Å². The van der Waals surface area contributed by atoms with Crippen LogP contribution in [0.2, 0.25) is 0 Å². The second kappa shape index (κ2) is 5.47. The molecule has 3 rings (SSSR count). The lowest BCUT2D eigenvalue weighted by Crippen LogP contribution is -2.52. The Bertz CT molecular complexity index is 300. The van der Waals surface area contributed by atoms with Crippen molar-refractivity contribution in [3.63, 3.8) is 0 Å². The van der Waals surface area contributed by atoms with E-state index in [2.05, 4.69) is 32.6 Å². The fourth-order valence-corrected chi connectivity index (χ4v) is 3.96. The Morgan fingerprint density at radius 3 is 2.59 bits per heavy atom. The Labute approximate surface area is 108 Å². The highest BCUT2D eigenvalue weighted by Crippen LogP contribution is 2.61. The molecule has 2 bridgehead atoms. The molecule has 0 aromatic carbocycles. The van der Waals surface area contributed by atoms with Crippen LogP contribution in [0, 0.1) is 35.0 Å². The molecule has 0 aliphatic heterocycles. The van der Waals surface area contributed by atoms with E-state index in [1.165, 1.54) is 44.9 Å². The van der Waals surface area contributed by atoms with E-state index in [9.17, 15) is 0 Å². The molecular formula is C17H28. The molecule has 3 aliphatic rings. The summed E-state index contributed by atoms with van der Waals surface area (Å²) in [5.74, 6) is 9.76. The summed E-state index contributed by atoms with van der Waals surface area (Å²) in [6.07, 6.45) is 10.6. The van der Waals surface area contributed by atoms with Gasteiger partial charge in [0.25, 0.3) is 0 Å². The summed E-state index contributed by atoms with van der Waals surface area (Å²) in [6, 6.07) is 0. The number of fused-ring (bicyclic) bond motifs is 2. The van der Waals surface area contributed by atoms with Crippen LogP contribution in [-0.2, 0) is 0 Å². The van der Waals surface area contributed by atoms with Crippen molar-refractivity contribution in [3.8, 4) is 11.8 Å². The Kier molecular flexibility index (Phi) is 4.18. The molecule has 3 aliphatic carbocycles. The summed E-state index contributed by atoms with van der Waals surface area (Å²) < 4.78 is 0. The fourth-order valence-electron chi connectivity index (χ4n) is 3.96. The summed E-state index contributed by atoms with van der Waals surface area (Å²) in [5.41, 5.74) is 0.632. The van der Waals surface area contributed by atoms with E-state index >= 15 is 0 Å². The highest BCUT2D eigenvalue weighted by molar-refractivity contribution is 5.08. The second-order valence-electron chi connectivity index (χ2n) is 6.71. The highest BCUT2D eigenvalue weighted by atomic mass is 14.6. The van der Waals surface area contributed by atoms with Gasteiger partial charge in [0.05, 0.1) is 0 Å². The molecule has 0 N–H and O–H groups in total. The molecule has 0 radical (unpaired) electrons. The Hall–Kier alpha value is -0.440. The number of rotatable bonds is 4. The van der Waals surface area contributed by atoms with Crippen LogP contribution in [0.3, 0.4) is 0 Å². The Balaban J connectivity index is 1.72. The lowest BCUT2D eigenvalue weighted by Gasteiger charge is -2.60. The van der Waals surface area contributed by atoms with E-state index in [0.29, 0.717) is 5.41 Å². The lowest BCUT2D eigenvalue weighted by atomic mass is 9.45.